The van der Waals surface area contributed by atoms with Crippen molar-refractivity contribution < 1.29 is 9.59 Å². The number of aryl methyl sites for hydroxylation is 1. The first kappa shape index (κ1) is 17.8. The zero-order valence-corrected chi connectivity index (χ0v) is 15.3. The van der Waals surface area contributed by atoms with Gasteiger partial charge in [-0.3, -0.25) is 14.2 Å². The first-order valence-corrected chi connectivity index (χ1v) is 8.97. The first-order chi connectivity index (χ1) is 12.5. The summed E-state index contributed by atoms with van der Waals surface area (Å²) in [6, 6.07) is 7.07. The summed E-state index contributed by atoms with van der Waals surface area (Å²) in [6.07, 6.45) is 5.29. The maximum absolute atomic E-state index is 12.4. The lowest BCUT2D eigenvalue weighted by molar-refractivity contribution is -0.120. The van der Waals surface area contributed by atoms with Gasteiger partial charge in [-0.25, -0.2) is 9.97 Å². The molecule has 0 unspecified atom stereocenters. The topological polar surface area (TPSA) is 88.9 Å². The van der Waals surface area contributed by atoms with Gasteiger partial charge in [0.2, 0.25) is 11.8 Å². The number of nitrogens with one attached hydrogen (secondary N) is 2. The van der Waals surface area contributed by atoms with Crippen molar-refractivity contribution in [1.82, 2.24) is 19.9 Å². The van der Waals surface area contributed by atoms with Gasteiger partial charge in [0.05, 0.1) is 24.3 Å². The minimum atomic E-state index is -0.340. The molecule has 0 radical (unpaired) electrons. The van der Waals surface area contributed by atoms with E-state index in [0.717, 1.165) is 16.5 Å². The van der Waals surface area contributed by atoms with Crippen molar-refractivity contribution in [3.8, 4) is 5.82 Å². The molecule has 3 aromatic heterocycles. The number of anilines is 1. The molecule has 0 spiro atoms. The lowest BCUT2D eigenvalue weighted by Gasteiger charge is -2.16. The zero-order chi connectivity index (χ0) is 18.5. The van der Waals surface area contributed by atoms with Crippen LogP contribution in [0.2, 0.25) is 0 Å². The van der Waals surface area contributed by atoms with E-state index in [4.69, 9.17) is 0 Å². The summed E-state index contributed by atoms with van der Waals surface area (Å²) in [5, 5.41) is 7.56. The molecule has 1 atom stereocenters. The Morgan fingerprint density at radius 2 is 2.12 bits per heavy atom. The molecule has 134 valence electrons. The van der Waals surface area contributed by atoms with Gasteiger partial charge in [0.1, 0.15) is 11.6 Å². The van der Waals surface area contributed by atoms with Crippen LogP contribution in [0.3, 0.4) is 0 Å². The summed E-state index contributed by atoms with van der Waals surface area (Å²) >= 11 is 1.51. The molecule has 8 heteroatoms. The van der Waals surface area contributed by atoms with Crippen molar-refractivity contribution in [3.63, 3.8) is 0 Å². The Morgan fingerprint density at radius 3 is 2.69 bits per heavy atom. The predicted molar refractivity (Wildman–Crippen MR) is 100 cm³/mol. The van der Waals surface area contributed by atoms with Gasteiger partial charge in [-0.05, 0) is 30.5 Å². The monoisotopic (exact) mass is 369 g/mol. The second-order valence-corrected chi connectivity index (χ2v) is 6.75. The van der Waals surface area contributed by atoms with Crippen LogP contribution in [0.1, 0.15) is 30.1 Å². The molecule has 0 aliphatic heterocycles. The Labute approximate surface area is 155 Å². The summed E-state index contributed by atoms with van der Waals surface area (Å²) in [7, 11) is 0. The van der Waals surface area contributed by atoms with E-state index in [-0.39, 0.29) is 24.3 Å². The number of hydrogen-bond acceptors (Lipinski definition) is 5. The second-order valence-electron chi connectivity index (χ2n) is 5.77. The number of aromatic nitrogens is 3. The predicted octanol–water partition coefficient (Wildman–Crippen LogP) is 2.84. The van der Waals surface area contributed by atoms with Crippen molar-refractivity contribution in [2.24, 2.45) is 0 Å². The largest absolute Gasteiger partial charge is 0.348 e. The fourth-order valence-corrected chi connectivity index (χ4v) is 3.36. The van der Waals surface area contributed by atoms with Crippen LogP contribution in [-0.2, 0) is 9.59 Å². The van der Waals surface area contributed by atoms with Gasteiger partial charge < -0.3 is 10.6 Å². The van der Waals surface area contributed by atoms with E-state index < -0.39 is 0 Å². The van der Waals surface area contributed by atoms with Crippen LogP contribution in [-0.4, -0.2) is 26.3 Å². The highest BCUT2D eigenvalue weighted by Crippen LogP contribution is 2.22. The number of amides is 2. The first-order valence-electron chi connectivity index (χ1n) is 8.09. The summed E-state index contributed by atoms with van der Waals surface area (Å²) in [4.78, 5) is 33.2. The number of carbonyl (C=O) groups is 2. The van der Waals surface area contributed by atoms with Crippen LogP contribution in [0.4, 0.5) is 5.69 Å². The molecule has 0 aromatic carbocycles. The average Bonchev–Trinajstić information content (AvgIpc) is 3.26. The van der Waals surface area contributed by atoms with Crippen molar-refractivity contribution >= 4 is 28.8 Å². The van der Waals surface area contributed by atoms with Crippen LogP contribution in [0, 0.1) is 6.92 Å². The van der Waals surface area contributed by atoms with Crippen molar-refractivity contribution in [2.75, 3.05) is 5.32 Å². The number of thiophene rings is 1. The van der Waals surface area contributed by atoms with E-state index in [9.17, 15) is 9.59 Å². The lowest BCUT2D eigenvalue weighted by Crippen LogP contribution is -2.29. The number of imidazole rings is 1. The molecule has 26 heavy (non-hydrogen) atoms. The highest BCUT2D eigenvalue weighted by molar-refractivity contribution is 7.10. The van der Waals surface area contributed by atoms with Gasteiger partial charge in [-0.15, -0.1) is 11.3 Å². The Balaban J connectivity index is 1.65. The molecule has 0 saturated carbocycles. The molecule has 3 heterocycles. The van der Waals surface area contributed by atoms with Gasteiger partial charge in [-0.1, -0.05) is 6.07 Å². The minimum absolute atomic E-state index is 0.155. The van der Waals surface area contributed by atoms with E-state index in [1.807, 2.05) is 41.3 Å². The van der Waals surface area contributed by atoms with E-state index in [0.29, 0.717) is 5.69 Å². The van der Waals surface area contributed by atoms with Crippen molar-refractivity contribution in [1.29, 1.82) is 0 Å². The third-order valence-corrected chi connectivity index (χ3v) is 4.74. The quantitative estimate of drug-likeness (QED) is 0.699. The van der Waals surface area contributed by atoms with Crippen LogP contribution in [0.25, 0.3) is 5.82 Å². The van der Waals surface area contributed by atoms with Gasteiger partial charge in [-0.2, -0.15) is 0 Å². The Bertz CT molecular complexity index is 887. The Kier molecular flexibility index (Phi) is 5.43. The number of hydrogen-bond donors (Lipinski definition) is 2. The second kappa shape index (κ2) is 7.92. The van der Waals surface area contributed by atoms with E-state index >= 15 is 0 Å². The molecule has 3 rings (SSSR count). The Morgan fingerprint density at radius 1 is 1.27 bits per heavy atom. The standard InChI is InChI=1S/C18H19N5O2S/c1-12-19-7-8-23(12)17-6-5-14(11-20-17)22-18(25)10-15(21-13(2)24)16-4-3-9-26-16/h3-9,11,15H,10H2,1-2H3,(H,21,24)(H,22,25)/t15-/m0/s1. The van der Waals surface area contributed by atoms with Crippen LogP contribution < -0.4 is 10.6 Å². The smallest absolute Gasteiger partial charge is 0.226 e. The summed E-state index contributed by atoms with van der Waals surface area (Å²) in [5.41, 5.74) is 0.601. The fourth-order valence-electron chi connectivity index (χ4n) is 2.58. The highest BCUT2D eigenvalue weighted by atomic mass is 32.1. The fraction of sp³-hybridized carbons (Fsp3) is 0.222. The van der Waals surface area contributed by atoms with Gasteiger partial charge in [0.25, 0.3) is 0 Å². The molecule has 0 fully saturated rings. The van der Waals surface area contributed by atoms with E-state index in [1.165, 1.54) is 18.3 Å². The maximum atomic E-state index is 12.4. The Hall–Kier alpha value is -3.00. The number of pyridine rings is 1. The number of carbonyl (C=O) groups excluding carboxylic acids is 2. The molecular formula is C18H19N5O2S. The van der Waals surface area contributed by atoms with Crippen LogP contribution >= 0.6 is 11.3 Å². The molecule has 0 aliphatic carbocycles. The molecule has 2 amide bonds. The molecule has 0 saturated heterocycles. The molecular weight excluding hydrogens is 350 g/mol. The summed E-state index contributed by atoms with van der Waals surface area (Å²) in [6.45, 7) is 3.34. The van der Waals surface area contributed by atoms with Gasteiger partial charge in [0, 0.05) is 24.2 Å². The normalized spacial score (nSPS) is 11.8. The zero-order valence-electron chi connectivity index (χ0n) is 14.5. The lowest BCUT2D eigenvalue weighted by atomic mass is 10.1. The molecule has 0 bridgehead atoms. The van der Waals surface area contributed by atoms with Gasteiger partial charge in [0.15, 0.2) is 0 Å². The summed E-state index contributed by atoms with van der Waals surface area (Å²) < 4.78 is 1.86. The molecule has 2 N–H and O–H groups in total. The van der Waals surface area contributed by atoms with E-state index in [1.54, 1.807) is 18.5 Å². The third-order valence-electron chi connectivity index (χ3n) is 3.76. The molecule has 7 nitrogen and oxygen atoms in total. The van der Waals surface area contributed by atoms with E-state index in [2.05, 4.69) is 20.6 Å². The highest BCUT2D eigenvalue weighted by Gasteiger charge is 2.18. The average molecular weight is 369 g/mol. The van der Waals surface area contributed by atoms with Gasteiger partial charge >= 0.3 is 0 Å². The van der Waals surface area contributed by atoms with Crippen molar-refractivity contribution in [3.05, 3.63) is 58.9 Å². The maximum Gasteiger partial charge on any atom is 0.226 e. The number of rotatable bonds is 6. The molecule has 3 aromatic rings. The minimum Gasteiger partial charge on any atom is -0.348 e. The number of nitrogens with zero attached hydrogens (tertiary/aromatic N) is 3. The van der Waals surface area contributed by atoms with Crippen LogP contribution in [0.15, 0.2) is 48.2 Å². The van der Waals surface area contributed by atoms with Crippen molar-refractivity contribution in [2.45, 2.75) is 26.3 Å². The SMILES string of the molecule is CC(=O)N[C@@H](CC(=O)Nc1ccc(-n2ccnc2C)nc1)c1cccs1. The summed E-state index contributed by atoms with van der Waals surface area (Å²) in [5.74, 6) is 1.21. The third kappa shape index (κ3) is 4.34. The molecule has 0 aliphatic rings. The van der Waals surface area contributed by atoms with Crippen LogP contribution in [0.5, 0.6) is 0 Å².